The van der Waals surface area contributed by atoms with Gasteiger partial charge < -0.3 is 9.67 Å². The molecule has 2 rings (SSSR count). The van der Waals surface area contributed by atoms with Crippen LogP contribution in [-0.4, -0.2) is 16.3 Å². The van der Waals surface area contributed by atoms with Gasteiger partial charge in [0.15, 0.2) is 0 Å². The summed E-state index contributed by atoms with van der Waals surface area (Å²) in [6.45, 7) is 0.264. The molecule has 1 atom stereocenters. The Morgan fingerprint density at radius 3 is 3.27 bits per heavy atom. The fraction of sp³-hybridized carbons (Fsp3) is 0.333. The monoisotopic (exact) mass is 149 g/mol. The molecule has 0 aliphatic carbocycles. The molecule has 11 heavy (non-hydrogen) atoms. The third-order valence-corrected chi connectivity index (χ3v) is 2.11. The van der Waals surface area contributed by atoms with E-state index >= 15 is 0 Å². The quantitative estimate of drug-likeness (QED) is 0.676. The van der Waals surface area contributed by atoms with Crippen LogP contribution in [0.3, 0.4) is 0 Å². The fourth-order valence-electron chi connectivity index (χ4n) is 1.54. The van der Waals surface area contributed by atoms with Gasteiger partial charge in [0.2, 0.25) is 0 Å². The van der Waals surface area contributed by atoms with E-state index in [4.69, 9.17) is 5.11 Å². The van der Waals surface area contributed by atoms with Gasteiger partial charge in [-0.1, -0.05) is 6.08 Å². The molecular weight excluding hydrogens is 138 g/mol. The van der Waals surface area contributed by atoms with E-state index in [0.29, 0.717) is 5.92 Å². The molecule has 0 radical (unpaired) electrons. The summed E-state index contributed by atoms with van der Waals surface area (Å²) in [6.07, 6.45) is 7.05. The van der Waals surface area contributed by atoms with E-state index in [-0.39, 0.29) is 6.61 Å². The molecule has 2 nitrogen and oxygen atoms in total. The number of allylic oxidation sites excluding steroid dienone is 1. The minimum atomic E-state index is 0.264. The first kappa shape index (κ1) is 6.68. The lowest BCUT2D eigenvalue weighted by Crippen LogP contribution is -1.96. The minimum Gasteiger partial charge on any atom is -0.396 e. The van der Waals surface area contributed by atoms with Crippen molar-refractivity contribution in [1.29, 1.82) is 0 Å². The van der Waals surface area contributed by atoms with Crippen LogP contribution in [0.15, 0.2) is 24.4 Å². The second-order valence-corrected chi connectivity index (χ2v) is 2.80. The lowest BCUT2D eigenvalue weighted by atomic mass is 10.0. The molecule has 0 spiro atoms. The number of aromatic nitrogens is 1. The predicted molar refractivity (Wildman–Crippen MR) is 44.2 cm³/mol. The summed E-state index contributed by atoms with van der Waals surface area (Å²) >= 11 is 0. The normalized spacial score (nSPS) is 20.6. The van der Waals surface area contributed by atoms with Crippen LogP contribution in [0.2, 0.25) is 0 Å². The predicted octanol–water partition coefficient (Wildman–Crippen LogP) is 1.44. The molecule has 1 aliphatic heterocycles. The largest absolute Gasteiger partial charge is 0.396 e. The lowest BCUT2D eigenvalue weighted by Gasteiger charge is -2.04. The van der Waals surface area contributed by atoms with Crippen molar-refractivity contribution in [1.82, 2.24) is 4.57 Å². The van der Waals surface area contributed by atoms with Gasteiger partial charge in [-0.25, -0.2) is 0 Å². The molecule has 0 saturated carbocycles. The molecule has 0 amide bonds. The fourth-order valence-corrected chi connectivity index (χ4v) is 1.54. The summed E-state index contributed by atoms with van der Waals surface area (Å²) in [5.41, 5.74) is 1.29. The van der Waals surface area contributed by atoms with Crippen molar-refractivity contribution in [2.45, 2.75) is 12.3 Å². The first-order valence-electron chi connectivity index (χ1n) is 3.88. The van der Waals surface area contributed by atoms with E-state index in [0.717, 1.165) is 6.42 Å². The first-order chi connectivity index (χ1) is 5.42. The van der Waals surface area contributed by atoms with Crippen molar-refractivity contribution in [3.8, 4) is 0 Å². The Bertz CT molecular complexity index is 275. The van der Waals surface area contributed by atoms with Crippen LogP contribution >= 0.6 is 0 Å². The van der Waals surface area contributed by atoms with Crippen LogP contribution in [-0.2, 0) is 0 Å². The number of hydrogen-bond donors (Lipinski definition) is 1. The van der Waals surface area contributed by atoms with Gasteiger partial charge in [0.1, 0.15) is 0 Å². The van der Waals surface area contributed by atoms with E-state index in [1.807, 2.05) is 12.3 Å². The average molecular weight is 149 g/mol. The Balaban J connectivity index is 2.24. The maximum atomic E-state index is 8.75. The minimum absolute atomic E-state index is 0.264. The van der Waals surface area contributed by atoms with Crippen LogP contribution in [0, 0.1) is 0 Å². The molecular formula is C9H11NO. The number of rotatable bonds is 2. The number of fused-ring (bicyclic) bond motifs is 1. The summed E-state index contributed by atoms with van der Waals surface area (Å²) in [5.74, 6) is 0.426. The highest BCUT2D eigenvalue weighted by Crippen LogP contribution is 2.27. The third kappa shape index (κ3) is 0.994. The zero-order chi connectivity index (χ0) is 7.68. The molecule has 1 aromatic rings. The van der Waals surface area contributed by atoms with Gasteiger partial charge in [0.05, 0.1) is 0 Å². The van der Waals surface area contributed by atoms with Crippen molar-refractivity contribution < 1.29 is 5.11 Å². The van der Waals surface area contributed by atoms with Crippen LogP contribution in [0.5, 0.6) is 0 Å². The highest BCUT2D eigenvalue weighted by atomic mass is 16.3. The summed E-state index contributed by atoms with van der Waals surface area (Å²) in [7, 11) is 0. The molecule has 1 aromatic heterocycles. The van der Waals surface area contributed by atoms with Gasteiger partial charge in [0, 0.05) is 30.6 Å². The molecule has 1 aliphatic rings. The first-order valence-corrected chi connectivity index (χ1v) is 3.88. The highest BCUT2D eigenvalue weighted by Gasteiger charge is 2.15. The number of nitrogens with zero attached hydrogens (tertiary/aromatic N) is 1. The summed E-state index contributed by atoms with van der Waals surface area (Å²) < 4.78 is 2.10. The topological polar surface area (TPSA) is 25.2 Å². The highest BCUT2D eigenvalue weighted by molar-refractivity contribution is 5.40. The number of aliphatic hydroxyl groups excluding tert-OH is 1. The standard InChI is InChI=1S/C9H11NO/c11-7-4-8-3-6-10-5-1-2-9(8)10/h1-3,5-6,8,11H,4,7H2. The van der Waals surface area contributed by atoms with Crippen LogP contribution in [0.4, 0.5) is 0 Å². The molecule has 2 heterocycles. The summed E-state index contributed by atoms with van der Waals surface area (Å²) in [6, 6.07) is 4.13. The van der Waals surface area contributed by atoms with E-state index in [1.165, 1.54) is 5.69 Å². The molecule has 1 N–H and O–H groups in total. The molecule has 0 aromatic carbocycles. The SMILES string of the molecule is OCCC1C=Cn2cccc21. The summed E-state index contributed by atoms with van der Waals surface area (Å²) in [4.78, 5) is 0. The van der Waals surface area contributed by atoms with Crippen LogP contribution in [0.25, 0.3) is 6.20 Å². The van der Waals surface area contributed by atoms with Crippen LogP contribution in [0.1, 0.15) is 18.0 Å². The third-order valence-electron chi connectivity index (χ3n) is 2.11. The Hall–Kier alpha value is -1.02. The number of hydrogen-bond acceptors (Lipinski definition) is 1. The second kappa shape index (κ2) is 2.55. The van der Waals surface area contributed by atoms with Crippen LogP contribution < -0.4 is 0 Å². The van der Waals surface area contributed by atoms with E-state index in [1.54, 1.807) is 0 Å². The molecule has 1 unspecified atom stereocenters. The summed E-state index contributed by atoms with van der Waals surface area (Å²) in [5, 5.41) is 8.75. The van der Waals surface area contributed by atoms with E-state index < -0.39 is 0 Å². The second-order valence-electron chi connectivity index (χ2n) is 2.80. The number of aliphatic hydroxyl groups is 1. The van der Waals surface area contributed by atoms with Gasteiger partial charge in [-0.15, -0.1) is 0 Å². The molecule has 2 heteroatoms. The average Bonchev–Trinajstić information content (AvgIpc) is 2.53. The lowest BCUT2D eigenvalue weighted by molar-refractivity contribution is 0.282. The van der Waals surface area contributed by atoms with Gasteiger partial charge in [-0.3, -0.25) is 0 Å². The van der Waals surface area contributed by atoms with Crippen molar-refractivity contribution in [3.63, 3.8) is 0 Å². The molecule has 0 fully saturated rings. The van der Waals surface area contributed by atoms with Crippen molar-refractivity contribution in [2.24, 2.45) is 0 Å². The maximum absolute atomic E-state index is 8.75. The maximum Gasteiger partial charge on any atom is 0.0440 e. The van der Waals surface area contributed by atoms with Crippen molar-refractivity contribution in [3.05, 3.63) is 30.1 Å². The van der Waals surface area contributed by atoms with Gasteiger partial charge in [0.25, 0.3) is 0 Å². The Morgan fingerprint density at radius 1 is 1.55 bits per heavy atom. The molecule has 0 saturated heterocycles. The van der Waals surface area contributed by atoms with Gasteiger partial charge >= 0.3 is 0 Å². The Morgan fingerprint density at radius 2 is 2.45 bits per heavy atom. The van der Waals surface area contributed by atoms with Crippen molar-refractivity contribution in [2.75, 3.05) is 6.61 Å². The smallest absolute Gasteiger partial charge is 0.0440 e. The Labute approximate surface area is 65.8 Å². The molecule has 0 bridgehead atoms. The van der Waals surface area contributed by atoms with E-state index in [2.05, 4.69) is 22.9 Å². The van der Waals surface area contributed by atoms with E-state index in [9.17, 15) is 0 Å². The van der Waals surface area contributed by atoms with Gasteiger partial charge in [-0.05, 0) is 18.6 Å². The molecule has 58 valence electrons. The zero-order valence-corrected chi connectivity index (χ0v) is 6.27. The Kier molecular flexibility index (Phi) is 1.55. The van der Waals surface area contributed by atoms with Crippen molar-refractivity contribution >= 4 is 6.20 Å². The zero-order valence-electron chi connectivity index (χ0n) is 6.27. The van der Waals surface area contributed by atoms with Gasteiger partial charge in [-0.2, -0.15) is 0 Å².